The number of nitrogens with zero attached hydrogens (tertiary/aromatic N) is 3. The van der Waals surface area contributed by atoms with Gasteiger partial charge < -0.3 is 26.0 Å². The van der Waals surface area contributed by atoms with Gasteiger partial charge in [0.15, 0.2) is 11.6 Å². The molecule has 1 aliphatic carbocycles. The van der Waals surface area contributed by atoms with Gasteiger partial charge in [-0.1, -0.05) is 6.58 Å². The van der Waals surface area contributed by atoms with Crippen LogP contribution in [0.15, 0.2) is 42.3 Å². The summed E-state index contributed by atoms with van der Waals surface area (Å²) in [6.45, 7) is 4.83. The number of pyridine rings is 1. The van der Waals surface area contributed by atoms with Gasteiger partial charge in [0.1, 0.15) is 11.5 Å². The molecule has 1 saturated heterocycles. The van der Waals surface area contributed by atoms with Crippen molar-refractivity contribution in [1.29, 1.82) is 0 Å². The van der Waals surface area contributed by atoms with Crippen LogP contribution in [0.2, 0.25) is 0 Å². The van der Waals surface area contributed by atoms with Crippen molar-refractivity contribution in [3.05, 3.63) is 70.7 Å². The van der Waals surface area contributed by atoms with Crippen molar-refractivity contribution in [2.75, 3.05) is 30.7 Å². The minimum absolute atomic E-state index is 0.0583. The first-order chi connectivity index (χ1) is 19.4. The number of carbonyl (C=O) groups is 2. The molecular weight excluding hydrogens is 542 g/mol. The van der Waals surface area contributed by atoms with Gasteiger partial charge in [0.25, 0.3) is 11.8 Å². The molecule has 3 heterocycles. The number of nitrogens with two attached hydrogens (primary N) is 1. The van der Waals surface area contributed by atoms with Crippen molar-refractivity contribution >= 4 is 23.2 Å². The number of amides is 2. The minimum Gasteiger partial charge on any atom is -0.503 e. The summed E-state index contributed by atoms with van der Waals surface area (Å²) < 4.78 is 57.3. The Morgan fingerprint density at radius 3 is 2.59 bits per heavy atom. The predicted octanol–water partition coefficient (Wildman–Crippen LogP) is 5.03. The van der Waals surface area contributed by atoms with Gasteiger partial charge in [0.2, 0.25) is 5.91 Å². The lowest BCUT2D eigenvalue weighted by molar-refractivity contribution is -0.126. The molecule has 1 aromatic carbocycles. The van der Waals surface area contributed by atoms with Gasteiger partial charge in [-0.05, 0) is 49.3 Å². The summed E-state index contributed by atoms with van der Waals surface area (Å²) >= 11 is 0. The standard InChI is InChI=1S/C29H31F4N5O3/c1-3-24(39)37-9-4-5-16-20(36-21-11-18(30)25(15-6-7-15)26(31)27(21)40)8-10-38(22(16)14-37)28(41)17-13-35-23(12-19(17)34)29(2,32)33/h3,11-13,15,22,36,40H,1,4-10,14H2,2H3,(H2,34,35). The number of phenols is 1. The number of hydrogen-bond donors (Lipinski definition) is 3. The van der Waals surface area contributed by atoms with E-state index in [9.17, 15) is 32.3 Å². The zero-order chi connectivity index (χ0) is 29.6. The van der Waals surface area contributed by atoms with E-state index >= 15 is 0 Å². The number of benzene rings is 1. The van der Waals surface area contributed by atoms with Crippen LogP contribution in [0.5, 0.6) is 5.75 Å². The van der Waals surface area contributed by atoms with Gasteiger partial charge in [0, 0.05) is 62.2 Å². The Balaban J connectivity index is 1.51. The van der Waals surface area contributed by atoms with E-state index in [0.29, 0.717) is 44.8 Å². The highest BCUT2D eigenvalue weighted by Crippen LogP contribution is 2.46. The lowest BCUT2D eigenvalue weighted by Gasteiger charge is -2.40. The third kappa shape index (κ3) is 5.47. The Bertz CT molecular complexity index is 1450. The molecule has 2 aliphatic heterocycles. The Morgan fingerprint density at radius 1 is 1.22 bits per heavy atom. The van der Waals surface area contributed by atoms with E-state index in [1.54, 1.807) is 4.90 Å². The number of carbonyl (C=O) groups excluding carboxylic acids is 2. The third-order valence-corrected chi connectivity index (χ3v) is 7.90. The molecule has 1 saturated carbocycles. The number of aromatic hydroxyl groups is 1. The highest BCUT2D eigenvalue weighted by molar-refractivity contribution is 5.99. The molecule has 41 heavy (non-hydrogen) atoms. The summed E-state index contributed by atoms with van der Waals surface area (Å²) in [6.07, 6.45) is 4.74. The first kappa shape index (κ1) is 28.4. The fourth-order valence-corrected chi connectivity index (χ4v) is 5.61. The second kappa shape index (κ2) is 10.7. The zero-order valence-corrected chi connectivity index (χ0v) is 22.5. The van der Waals surface area contributed by atoms with Crippen molar-refractivity contribution in [3.63, 3.8) is 0 Å². The quantitative estimate of drug-likeness (QED) is 0.254. The Morgan fingerprint density at radius 2 is 1.95 bits per heavy atom. The van der Waals surface area contributed by atoms with Crippen LogP contribution < -0.4 is 11.1 Å². The first-order valence-corrected chi connectivity index (χ1v) is 13.5. The number of rotatable bonds is 6. The molecule has 218 valence electrons. The first-order valence-electron chi connectivity index (χ1n) is 13.5. The number of phenolic OH excluding ortho intramolecular Hbond substituents is 1. The number of alkyl halides is 2. The molecule has 2 amide bonds. The average molecular weight is 574 g/mol. The van der Waals surface area contributed by atoms with Gasteiger partial charge in [0.05, 0.1) is 17.3 Å². The molecule has 8 nitrogen and oxygen atoms in total. The molecule has 0 spiro atoms. The number of hydrogen-bond acceptors (Lipinski definition) is 6. The van der Waals surface area contributed by atoms with Crippen LogP contribution >= 0.6 is 0 Å². The number of fused-ring (bicyclic) bond motifs is 1. The van der Waals surface area contributed by atoms with Crippen LogP contribution in [-0.2, 0) is 10.7 Å². The number of anilines is 2. The monoisotopic (exact) mass is 573 g/mol. The summed E-state index contributed by atoms with van der Waals surface area (Å²) in [5.74, 6) is -6.78. The molecule has 1 aromatic heterocycles. The SMILES string of the molecule is C=CC(=O)N1CCCC2=C(Nc3cc(F)c(C4CC4)c(F)c3O)CCN(C(=O)c3cnc(C(C)(F)F)cc3N)C2C1. The maximum atomic E-state index is 14.9. The molecule has 2 aromatic rings. The normalized spacial score (nSPS) is 19.5. The molecule has 4 N–H and O–H groups in total. The maximum absolute atomic E-state index is 14.9. The smallest absolute Gasteiger partial charge is 0.287 e. The summed E-state index contributed by atoms with van der Waals surface area (Å²) in [6, 6.07) is 1.38. The molecule has 5 rings (SSSR count). The van der Waals surface area contributed by atoms with Crippen LogP contribution in [0.25, 0.3) is 0 Å². The largest absolute Gasteiger partial charge is 0.503 e. The van der Waals surface area contributed by atoms with Crippen molar-refractivity contribution < 1.29 is 32.3 Å². The molecule has 1 unspecified atom stereocenters. The van der Waals surface area contributed by atoms with Gasteiger partial charge >= 0.3 is 0 Å². The summed E-state index contributed by atoms with van der Waals surface area (Å²) in [5, 5.41) is 13.6. The molecule has 12 heteroatoms. The van der Waals surface area contributed by atoms with E-state index in [-0.39, 0.29) is 53.8 Å². The van der Waals surface area contributed by atoms with Crippen LogP contribution in [0.4, 0.5) is 28.9 Å². The Labute approximate surface area is 234 Å². The topological polar surface area (TPSA) is 112 Å². The van der Waals surface area contributed by atoms with Crippen LogP contribution in [0.1, 0.15) is 66.6 Å². The van der Waals surface area contributed by atoms with Crippen LogP contribution in [-0.4, -0.2) is 57.4 Å². The van der Waals surface area contributed by atoms with Gasteiger partial charge in [-0.2, -0.15) is 8.78 Å². The molecule has 2 fully saturated rings. The molecular formula is C29H31F4N5O3. The van der Waals surface area contributed by atoms with Gasteiger partial charge in [-0.15, -0.1) is 0 Å². The Hall–Kier alpha value is -4.09. The van der Waals surface area contributed by atoms with E-state index in [4.69, 9.17) is 5.73 Å². The van der Waals surface area contributed by atoms with Crippen LogP contribution in [0.3, 0.4) is 0 Å². The zero-order valence-electron chi connectivity index (χ0n) is 22.5. The molecule has 3 aliphatic rings. The average Bonchev–Trinajstić information content (AvgIpc) is 3.77. The highest BCUT2D eigenvalue weighted by Gasteiger charge is 2.38. The van der Waals surface area contributed by atoms with E-state index in [1.165, 1.54) is 11.0 Å². The number of halogens is 4. The van der Waals surface area contributed by atoms with E-state index < -0.39 is 40.9 Å². The maximum Gasteiger partial charge on any atom is 0.287 e. The number of nitrogen functional groups attached to an aromatic ring is 1. The molecule has 0 radical (unpaired) electrons. The van der Waals surface area contributed by atoms with E-state index in [1.807, 2.05) is 0 Å². The second-order valence-electron chi connectivity index (χ2n) is 10.8. The predicted molar refractivity (Wildman–Crippen MR) is 144 cm³/mol. The van der Waals surface area contributed by atoms with Crippen LogP contribution in [0, 0.1) is 11.6 Å². The second-order valence-corrected chi connectivity index (χ2v) is 10.8. The van der Waals surface area contributed by atoms with E-state index in [2.05, 4.69) is 16.9 Å². The number of nitrogens with one attached hydrogen (secondary N) is 1. The summed E-state index contributed by atoms with van der Waals surface area (Å²) in [4.78, 5) is 33.1. The van der Waals surface area contributed by atoms with Gasteiger partial charge in [-0.3, -0.25) is 14.6 Å². The summed E-state index contributed by atoms with van der Waals surface area (Å²) in [7, 11) is 0. The molecule has 1 atom stereocenters. The number of aromatic nitrogens is 1. The fraction of sp³-hybridized carbons (Fsp3) is 0.414. The fourth-order valence-electron chi connectivity index (χ4n) is 5.61. The van der Waals surface area contributed by atoms with Gasteiger partial charge in [-0.25, -0.2) is 8.78 Å². The molecule has 0 bridgehead atoms. The third-order valence-electron chi connectivity index (χ3n) is 7.90. The minimum atomic E-state index is -3.24. The highest BCUT2D eigenvalue weighted by atomic mass is 19.3. The lowest BCUT2D eigenvalue weighted by Crippen LogP contribution is -2.51. The van der Waals surface area contributed by atoms with Crippen molar-refractivity contribution in [2.24, 2.45) is 0 Å². The van der Waals surface area contributed by atoms with E-state index in [0.717, 1.165) is 23.9 Å². The van der Waals surface area contributed by atoms with Crippen molar-refractivity contribution in [2.45, 2.75) is 56.9 Å². The summed E-state index contributed by atoms with van der Waals surface area (Å²) in [5.41, 5.74) is 6.28. The number of likely N-dealkylation sites (tertiary alicyclic amines) is 1. The van der Waals surface area contributed by atoms with Crippen molar-refractivity contribution in [1.82, 2.24) is 14.8 Å². The van der Waals surface area contributed by atoms with Crippen molar-refractivity contribution in [3.8, 4) is 5.75 Å². The Kier molecular flexibility index (Phi) is 7.43. The lowest BCUT2D eigenvalue weighted by atomic mass is 9.92.